The minimum absolute atomic E-state index is 0.390. The van der Waals surface area contributed by atoms with Crippen LogP contribution < -0.4 is 0 Å². The number of aliphatic imine (C=N–C) groups is 1. The van der Waals surface area contributed by atoms with E-state index in [1.807, 2.05) is 13.8 Å². The highest BCUT2D eigenvalue weighted by atomic mass is 16.7. The zero-order chi connectivity index (χ0) is 7.40. The predicted octanol–water partition coefficient (Wildman–Crippen LogP) is 1.31. The molecule has 0 saturated heterocycles. The summed E-state index contributed by atoms with van der Waals surface area (Å²) in [5.41, 5.74) is 1.10. The lowest BCUT2D eigenvalue weighted by Gasteiger charge is -1.97. The van der Waals surface area contributed by atoms with E-state index in [0.717, 1.165) is 5.57 Å². The van der Waals surface area contributed by atoms with E-state index < -0.39 is 0 Å². The van der Waals surface area contributed by atoms with Gasteiger partial charge in [-0.1, -0.05) is 0 Å². The van der Waals surface area contributed by atoms with E-state index in [4.69, 9.17) is 9.47 Å². The molecule has 0 aromatic carbocycles. The lowest BCUT2D eigenvalue weighted by molar-refractivity contribution is 0.250. The summed E-state index contributed by atoms with van der Waals surface area (Å²) in [6, 6.07) is 0. The predicted molar refractivity (Wildman–Crippen MR) is 38.8 cm³/mol. The summed E-state index contributed by atoms with van der Waals surface area (Å²) >= 11 is 0. The molecule has 3 nitrogen and oxygen atoms in total. The molecule has 0 bridgehead atoms. The van der Waals surface area contributed by atoms with Crippen molar-refractivity contribution in [2.45, 2.75) is 13.8 Å². The minimum atomic E-state index is 0.390. The van der Waals surface area contributed by atoms with Crippen LogP contribution in [0.5, 0.6) is 0 Å². The van der Waals surface area contributed by atoms with Gasteiger partial charge >= 0.3 is 6.08 Å². The number of nitrogens with zero attached hydrogens (tertiary/aromatic N) is 1. The van der Waals surface area contributed by atoms with E-state index in [2.05, 4.69) is 4.99 Å². The molecule has 0 aromatic heterocycles. The van der Waals surface area contributed by atoms with Crippen molar-refractivity contribution in [3.05, 3.63) is 11.8 Å². The number of allylic oxidation sites excluding steroid dienone is 1. The van der Waals surface area contributed by atoms with Gasteiger partial charge in [0.15, 0.2) is 0 Å². The van der Waals surface area contributed by atoms with E-state index in [1.165, 1.54) is 0 Å². The van der Waals surface area contributed by atoms with Crippen molar-refractivity contribution in [3.63, 3.8) is 0 Å². The molecule has 10 heavy (non-hydrogen) atoms. The molecule has 3 heteroatoms. The van der Waals surface area contributed by atoms with Gasteiger partial charge in [-0.15, -0.1) is 0 Å². The standard InChI is InChI=1S/C7H11NO2/c1-6(2)5-10-7-8-3-4-9-7/h5H,3-4H2,1-2H3. The fourth-order valence-corrected chi connectivity index (χ4v) is 0.555. The topological polar surface area (TPSA) is 30.8 Å². The maximum absolute atomic E-state index is 5.03. The quantitative estimate of drug-likeness (QED) is 0.515. The van der Waals surface area contributed by atoms with E-state index >= 15 is 0 Å². The normalized spacial score (nSPS) is 15.6. The number of rotatable bonds is 1. The van der Waals surface area contributed by atoms with Crippen LogP contribution in [0, 0.1) is 0 Å². The minimum Gasteiger partial charge on any atom is -0.448 e. The summed E-state index contributed by atoms with van der Waals surface area (Å²) in [4.78, 5) is 3.94. The van der Waals surface area contributed by atoms with Crippen LogP contribution in [0.3, 0.4) is 0 Å². The molecule has 56 valence electrons. The zero-order valence-corrected chi connectivity index (χ0v) is 6.26. The molecule has 0 fully saturated rings. The van der Waals surface area contributed by atoms with Crippen LogP contribution in [0.4, 0.5) is 0 Å². The highest BCUT2D eigenvalue weighted by molar-refractivity contribution is 5.68. The number of hydrogen-bond donors (Lipinski definition) is 0. The molecule has 1 aliphatic rings. The Morgan fingerprint density at radius 3 is 3.00 bits per heavy atom. The second-order valence-electron chi connectivity index (χ2n) is 2.31. The first-order chi connectivity index (χ1) is 4.79. The smallest absolute Gasteiger partial charge is 0.388 e. The van der Waals surface area contributed by atoms with Gasteiger partial charge in [0.05, 0.1) is 12.8 Å². The molecule has 0 amide bonds. The van der Waals surface area contributed by atoms with Gasteiger partial charge in [0, 0.05) is 0 Å². The van der Waals surface area contributed by atoms with E-state index in [9.17, 15) is 0 Å². The Kier molecular flexibility index (Phi) is 2.31. The molecule has 0 radical (unpaired) electrons. The highest BCUT2D eigenvalue weighted by Gasteiger charge is 2.05. The largest absolute Gasteiger partial charge is 0.448 e. The van der Waals surface area contributed by atoms with E-state index in [0.29, 0.717) is 19.2 Å². The Morgan fingerprint density at radius 1 is 1.70 bits per heavy atom. The first-order valence-corrected chi connectivity index (χ1v) is 3.26. The van der Waals surface area contributed by atoms with Crippen LogP contribution in [-0.4, -0.2) is 19.2 Å². The van der Waals surface area contributed by atoms with Crippen molar-refractivity contribution < 1.29 is 9.47 Å². The fourth-order valence-electron chi connectivity index (χ4n) is 0.555. The Morgan fingerprint density at radius 2 is 2.50 bits per heavy atom. The molecular weight excluding hydrogens is 130 g/mol. The van der Waals surface area contributed by atoms with Crippen molar-refractivity contribution in [2.24, 2.45) is 4.99 Å². The van der Waals surface area contributed by atoms with Gasteiger partial charge in [0.1, 0.15) is 6.61 Å². The van der Waals surface area contributed by atoms with Gasteiger partial charge in [-0.05, 0) is 19.4 Å². The number of ether oxygens (including phenoxy) is 2. The molecule has 0 aliphatic carbocycles. The van der Waals surface area contributed by atoms with Crippen LogP contribution in [0.15, 0.2) is 16.8 Å². The maximum atomic E-state index is 5.03. The average molecular weight is 141 g/mol. The SMILES string of the molecule is CC(C)=COC1=NCCO1. The first kappa shape index (κ1) is 7.12. The molecule has 0 spiro atoms. The third-order valence-corrected chi connectivity index (χ3v) is 0.953. The lowest BCUT2D eigenvalue weighted by atomic mass is 10.4. The molecular formula is C7H11NO2. The molecule has 1 heterocycles. The van der Waals surface area contributed by atoms with Crippen LogP contribution in [0.25, 0.3) is 0 Å². The number of hydrogen-bond acceptors (Lipinski definition) is 3. The summed E-state index contributed by atoms with van der Waals surface area (Å²) in [6.45, 7) is 5.27. The van der Waals surface area contributed by atoms with Gasteiger partial charge in [0.2, 0.25) is 0 Å². The third-order valence-electron chi connectivity index (χ3n) is 0.953. The van der Waals surface area contributed by atoms with Gasteiger partial charge < -0.3 is 9.47 Å². The summed E-state index contributed by atoms with van der Waals surface area (Å²) in [6.07, 6.45) is 2.02. The van der Waals surface area contributed by atoms with E-state index in [-0.39, 0.29) is 0 Å². The van der Waals surface area contributed by atoms with Gasteiger partial charge in [-0.2, -0.15) is 0 Å². The molecule has 0 unspecified atom stereocenters. The van der Waals surface area contributed by atoms with Gasteiger partial charge in [-0.3, -0.25) is 0 Å². The zero-order valence-electron chi connectivity index (χ0n) is 6.26. The van der Waals surface area contributed by atoms with Crippen molar-refractivity contribution in [1.29, 1.82) is 0 Å². The van der Waals surface area contributed by atoms with Crippen LogP contribution in [-0.2, 0) is 9.47 Å². The van der Waals surface area contributed by atoms with Crippen LogP contribution in [0.1, 0.15) is 13.8 Å². The molecule has 0 aromatic rings. The van der Waals surface area contributed by atoms with Gasteiger partial charge in [0.25, 0.3) is 0 Å². The maximum Gasteiger partial charge on any atom is 0.388 e. The fraction of sp³-hybridized carbons (Fsp3) is 0.571. The summed E-state index contributed by atoms with van der Waals surface area (Å²) in [7, 11) is 0. The Hall–Kier alpha value is -0.990. The highest BCUT2D eigenvalue weighted by Crippen LogP contribution is 1.98. The van der Waals surface area contributed by atoms with E-state index in [1.54, 1.807) is 6.26 Å². The van der Waals surface area contributed by atoms with Gasteiger partial charge in [-0.25, -0.2) is 4.99 Å². The van der Waals surface area contributed by atoms with Crippen molar-refractivity contribution in [2.75, 3.05) is 13.2 Å². The monoisotopic (exact) mass is 141 g/mol. The molecule has 0 saturated carbocycles. The lowest BCUT2D eigenvalue weighted by Crippen LogP contribution is -1.99. The third kappa shape index (κ3) is 2.09. The van der Waals surface area contributed by atoms with Crippen LogP contribution >= 0.6 is 0 Å². The molecule has 1 rings (SSSR count). The van der Waals surface area contributed by atoms with Crippen molar-refractivity contribution in [3.8, 4) is 0 Å². The molecule has 0 atom stereocenters. The average Bonchev–Trinajstić information content (AvgIpc) is 2.34. The van der Waals surface area contributed by atoms with Crippen LogP contribution in [0.2, 0.25) is 0 Å². The van der Waals surface area contributed by atoms with Crippen molar-refractivity contribution >= 4 is 6.08 Å². The Labute approximate surface area is 60.4 Å². The summed E-state index contributed by atoms with van der Waals surface area (Å²) in [5, 5.41) is 0. The summed E-state index contributed by atoms with van der Waals surface area (Å²) in [5.74, 6) is 0. The first-order valence-electron chi connectivity index (χ1n) is 3.26. The second kappa shape index (κ2) is 3.25. The van der Waals surface area contributed by atoms with Crippen molar-refractivity contribution in [1.82, 2.24) is 0 Å². The molecule has 1 aliphatic heterocycles. The second-order valence-corrected chi connectivity index (χ2v) is 2.31. The summed E-state index contributed by atoms with van der Waals surface area (Å²) < 4.78 is 10.0. The Bertz CT molecular complexity index is 168. The molecule has 0 N–H and O–H groups in total. The Balaban J connectivity index is 2.32.